The van der Waals surface area contributed by atoms with E-state index in [-0.39, 0.29) is 18.1 Å². The molecule has 0 unspecified atom stereocenters. The number of aliphatic hydroxyl groups is 1. The van der Waals surface area contributed by atoms with Crippen LogP contribution in [0.2, 0.25) is 0 Å². The van der Waals surface area contributed by atoms with E-state index in [2.05, 4.69) is 0 Å². The second-order valence-electron chi connectivity index (χ2n) is 6.18. The van der Waals surface area contributed by atoms with Crippen LogP contribution in [0.5, 0.6) is 0 Å². The van der Waals surface area contributed by atoms with E-state index >= 15 is 0 Å². The molecule has 21 heavy (non-hydrogen) atoms. The zero-order chi connectivity index (χ0) is 15.8. The van der Waals surface area contributed by atoms with Gasteiger partial charge in [0.25, 0.3) is 0 Å². The summed E-state index contributed by atoms with van der Waals surface area (Å²) >= 11 is 35.9. The molecule has 3 nitrogen and oxygen atoms in total. The van der Waals surface area contributed by atoms with Gasteiger partial charge in [-0.15, -0.1) is 0 Å². The first kappa shape index (κ1) is 17.4. The van der Waals surface area contributed by atoms with Crippen LogP contribution in [0.15, 0.2) is 0 Å². The molecule has 0 spiro atoms. The summed E-state index contributed by atoms with van der Waals surface area (Å²) in [6.07, 6.45) is 1.12. The zero-order valence-corrected chi connectivity index (χ0v) is 15.5. The second kappa shape index (κ2) is 5.06. The number of fused-ring (bicyclic) bond motifs is 3. The molecule has 0 bridgehead atoms. The van der Waals surface area contributed by atoms with Crippen LogP contribution in [0.25, 0.3) is 0 Å². The van der Waals surface area contributed by atoms with Gasteiger partial charge < -0.3 is 14.6 Å². The van der Waals surface area contributed by atoms with Crippen LogP contribution < -0.4 is 0 Å². The number of alkyl halides is 6. The van der Waals surface area contributed by atoms with Crippen molar-refractivity contribution in [2.45, 2.75) is 57.9 Å². The minimum atomic E-state index is -2.10. The van der Waals surface area contributed by atoms with E-state index in [1.54, 1.807) is 0 Å². The Labute approximate surface area is 153 Å². The average Bonchev–Trinajstić information content (AvgIpc) is 3.08. The Morgan fingerprint density at radius 2 is 1.71 bits per heavy atom. The van der Waals surface area contributed by atoms with E-state index in [9.17, 15) is 5.11 Å². The van der Waals surface area contributed by atoms with Crippen molar-refractivity contribution in [2.24, 2.45) is 11.3 Å². The Bertz CT molecular complexity index is 449. The smallest absolute Gasteiger partial charge is 0.244 e. The van der Waals surface area contributed by atoms with E-state index in [0.717, 1.165) is 12.8 Å². The van der Waals surface area contributed by atoms with Crippen LogP contribution in [-0.4, -0.2) is 36.8 Å². The fourth-order valence-electron chi connectivity index (χ4n) is 3.83. The lowest BCUT2D eigenvalue weighted by Crippen LogP contribution is -2.69. The van der Waals surface area contributed by atoms with Gasteiger partial charge in [-0.25, -0.2) is 0 Å². The molecule has 9 heteroatoms. The van der Waals surface area contributed by atoms with Gasteiger partial charge in [-0.1, -0.05) is 76.5 Å². The highest BCUT2D eigenvalue weighted by atomic mass is 35.6. The van der Waals surface area contributed by atoms with Crippen LogP contribution in [-0.2, 0) is 9.47 Å². The van der Waals surface area contributed by atoms with Crippen molar-refractivity contribution >= 4 is 69.6 Å². The molecule has 1 N–H and O–H groups in total. The topological polar surface area (TPSA) is 42.0 Å². The van der Waals surface area contributed by atoms with Gasteiger partial charge in [0.05, 0.1) is 17.6 Å². The predicted molar refractivity (Wildman–Crippen MR) is 84.5 cm³/mol. The number of rotatable bonds is 0. The molecule has 6 atom stereocenters. The molecule has 2 heterocycles. The van der Waals surface area contributed by atoms with Crippen molar-refractivity contribution in [3.63, 3.8) is 0 Å². The van der Waals surface area contributed by atoms with Crippen molar-refractivity contribution < 1.29 is 14.6 Å². The lowest BCUT2D eigenvalue weighted by Gasteiger charge is -2.58. The Hall–Kier alpha value is 1.62. The highest BCUT2D eigenvalue weighted by Crippen LogP contribution is 2.67. The molecule has 0 aromatic rings. The van der Waals surface area contributed by atoms with Crippen LogP contribution in [0.1, 0.15) is 26.2 Å². The maximum Gasteiger partial charge on any atom is 0.244 e. The lowest BCUT2D eigenvalue weighted by atomic mass is 9.59. The molecule has 0 aromatic heterocycles. The number of hydrogen-bond acceptors (Lipinski definition) is 3. The Morgan fingerprint density at radius 3 is 2.24 bits per heavy atom. The van der Waals surface area contributed by atoms with E-state index in [1.807, 2.05) is 6.92 Å². The van der Waals surface area contributed by atoms with Crippen molar-refractivity contribution in [1.82, 2.24) is 0 Å². The van der Waals surface area contributed by atoms with Gasteiger partial charge >= 0.3 is 0 Å². The Kier molecular flexibility index (Phi) is 4.20. The molecule has 0 aromatic carbocycles. The first-order valence-electron chi connectivity index (χ1n) is 6.60. The van der Waals surface area contributed by atoms with Crippen molar-refractivity contribution in [3.8, 4) is 0 Å². The van der Waals surface area contributed by atoms with Gasteiger partial charge in [0.2, 0.25) is 13.4 Å². The first-order valence-corrected chi connectivity index (χ1v) is 8.87. The van der Waals surface area contributed by atoms with Gasteiger partial charge in [0, 0.05) is 0 Å². The third kappa shape index (κ3) is 2.51. The van der Waals surface area contributed by atoms with Crippen molar-refractivity contribution in [3.05, 3.63) is 0 Å². The molecule has 3 aliphatic rings. The molecule has 1 aliphatic carbocycles. The van der Waals surface area contributed by atoms with Crippen LogP contribution >= 0.6 is 69.6 Å². The highest BCUT2D eigenvalue weighted by molar-refractivity contribution is 6.69. The van der Waals surface area contributed by atoms with Gasteiger partial charge in [0.15, 0.2) is 0 Å². The molecule has 1 saturated carbocycles. The first-order chi connectivity index (χ1) is 9.41. The molecule has 3 fully saturated rings. The minimum absolute atomic E-state index is 0.0313. The van der Waals surface area contributed by atoms with E-state index in [0.29, 0.717) is 6.42 Å². The lowest BCUT2D eigenvalue weighted by molar-refractivity contribution is -0.335. The third-order valence-corrected chi connectivity index (χ3v) is 6.61. The zero-order valence-electron chi connectivity index (χ0n) is 11.0. The standard InChI is InChI=1S/C12H14Cl6O3/c1-9-5(2-3-6-8(9)20-6)4-7(10(13,14)15)21-11(9,19)12(16,17)18/h5-8,19H,2-4H2,1H3/t5-,6-,7+,8-,9-,11+/m0/s1. The molecular formula is C12H14Cl6O3. The summed E-state index contributed by atoms with van der Waals surface area (Å²) in [7, 11) is 0. The van der Waals surface area contributed by atoms with Crippen LogP contribution in [0.4, 0.5) is 0 Å². The fourth-order valence-corrected chi connectivity index (χ4v) is 4.98. The summed E-state index contributed by atoms with van der Waals surface area (Å²) in [5.74, 6) is -2.13. The SMILES string of the molecule is C[C@]12[C@@H](CC[C@@H]3O[C@@H]31)C[C@H](C(Cl)(Cl)Cl)O[C@@]2(O)C(Cl)(Cl)Cl. The van der Waals surface area contributed by atoms with Gasteiger partial charge in [-0.05, 0) is 25.2 Å². The molecular weight excluding hydrogens is 405 g/mol. The van der Waals surface area contributed by atoms with Crippen molar-refractivity contribution in [1.29, 1.82) is 0 Å². The summed E-state index contributed by atoms with van der Waals surface area (Å²) in [6, 6.07) is 0. The monoisotopic (exact) mass is 416 g/mol. The van der Waals surface area contributed by atoms with E-state index < -0.39 is 24.9 Å². The van der Waals surface area contributed by atoms with Gasteiger partial charge in [-0.2, -0.15) is 0 Å². The average molecular weight is 419 g/mol. The quantitative estimate of drug-likeness (QED) is 0.468. The predicted octanol–water partition coefficient (Wildman–Crippen LogP) is 4.39. The second-order valence-corrected chi connectivity index (χ2v) is 10.8. The summed E-state index contributed by atoms with van der Waals surface area (Å²) < 4.78 is 7.49. The summed E-state index contributed by atoms with van der Waals surface area (Å²) in [5, 5.41) is 11.1. The molecule has 2 aliphatic heterocycles. The van der Waals surface area contributed by atoms with E-state index in [4.69, 9.17) is 79.1 Å². The maximum atomic E-state index is 11.1. The minimum Gasteiger partial charge on any atom is -0.369 e. The molecule has 122 valence electrons. The molecule has 0 amide bonds. The molecule has 3 rings (SSSR count). The maximum absolute atomic E-state index is 11.1. The van der Waals surface area contributed by atoms with E-state index in [1.165, 1.54) is 0 Å². The largest absolute Gasteiger partial charge is 0.369 e. The number of halogens is 6. The van der Waals surface area contributed by atoms with Crippen molar-refractivity contribution in [2.75, 3.05) is 0 Å². The number of ether oxygens (including phenoxy) is 2. The van der Waals surface area contributed by atoms with Crippen LogP contribution in [0, 0.1) is 11.3 Å². The number of hydrogen-bond donors (Lipinski definition) is 1. The van der Waals surface area contributed by atoms with Gasteiger partial charge in [0.1, 0.15) is 6.10 Å². The summed E-state index contributed by atoms with van der Waals surface area (Å²) in [4.78, 5) is 0. The number of epoxide rings is 1. The Balaban J connectivity index is 2.04. The normalized spacial score (nSPS) is 50.3. The third-order valence-electron chi connectivity index (χ3n) is 5.11. The molecule has 2 saturated heterocycles. The highest BCUT2D eigenvalue weighted by Gasteiger charge is 2.76. The van der Waals surface area contributed by atoms with Gasteiger partial charge in [-0.3, -0.25) is 0 Å². The van der Waals surface area contributed by atoms with Crippen LogP contribution in [0.3, 0.4) is 0 Å². The Morgan fingerprint density at radius 1 is 1.10 bits per heavy atom. The summed E-state index contributed by atoms with van der Waals surface area (Å²) in [6.45, 7) is 1.82. The molecule has 0 radical (unpaired) electrons. The fraction of sp³-hybridized carbons (Fsp3) is 1.00. The summed E-state index contributed by atoms with van der Waals surface area (Å²) in [5.41, 5.74) is -0.867.